The number of alkyl halides is 6. The molecule has 2 fully saturated rings. The van der Waals surface area contributed by atoms with E-state index in [0.29, 0.717) is 0 Å². The standard InChI is InChI=1S/C13H16F6O3/c14-12(15,16)10(5-1-2-6-10)21-9(20)22-11(13(17,18)19)7-3-4-8-11/h1-8H2. The quantitative estimate of drug-likeness (QED) is 0.533. The van der Waals surface area contributed by atoms with Gasteiger partial charge in [0.2, 0.25) is 11.2 Å². The predicted molar refractivity (Wildman–Crippen MR) is 62.1 cm³/mol. The van der Waals surface area contributed by atoms with Crippen LogP contribution >= 0.6 is 0 Å². The van der Waals surface area contributed by atoms with E-state index >= 15 is 0 Å². The molecule has 0 aromatic heterocycles. The molecule has 3 nitrogen and oxygen atoms in total. The molecule has 9 heteroatoms. The van der Waals surface area contributed by atoms with Crippen LogP contribution in [0.3, 0.4) is 0 Å². The Bertz CT molecular complexity index is 378. The van der Waals surface area contributed by atoms with Gasteiger partial charge in [0.25, 0.3) is 0 Å². The molecule has 0 aromatic rings. The van der Waals surface area contributed by atoms with E-state index in [1.165, 1.54) is 0 Å². The maximum atomic E-state index is 13.1. The van der Waals surface area contributed by atoms with Crippen LogP contribution in [0.1, 0.15) is 51.4 Å². The largest absolute Gasteiger partial charge is 0.510 e. The zero-order valence-electron chi connectivity index (χ0n) is 11.6. The zero-order chi connectivity index (χ0) is 16.6. The zero-order valence-corrected chi connectivity index (χ0v) is 11.6. The molecule has 0 unspecified atom stereocenters. The van der Waals surface area contributed by atoms with Crippen LogP contribution in [-0.2, 0) is 9.47 Å². The summed E-state index contributed by atoms with van der Waals surface area (Å²) in [5.41, 5.74) is -5.45. The Balaban J connectivity index is 2.11. The van der Waals surface area contributed by atoms with Gasteiger partial charge in [-0.2, -0.15) is 26.3 Å². The number of hydrogen-bond donors (Lipinski definition) is 0. The Hall–Kier alpha value is -1.15. The van der Waals surface area contributed by atoms with Gasteiger partial charge in [-0.1, -0.05) is 0 Å². The predicted octanol–water partition coefficient (Wildman–Crippen LogP) is 4.89. The van der Waals surface area contributed by atoms with Crippen LogP contribution in [0.5, 0.6) is 0 Å². The maximum Gasteiger partial charge on any atom is 0.510 e. The van der Waals surface area contributed by atoms with E-state index in [1.807, 2.05) is 0 Å². The average Bonchev–Trinajstić information content (AvgIpc) is 2.97. The Morgan fingerprint density at radius 2 is 0.955 bits per heavy atom. The van der Waals surface area contributed by atoms with Gasteiger partial charge in [0.15, 0.2) is 0 Å². The number of halogens is 6. The summed E-state index contributed by atoms with van der Waals surface area (Å²) in [6, 6.07) is 0. The van der Waals surface area contributed by atoms with Gasteiger partial charge in [0, 0.05) is 0 Å². The molecule has 22 heavy (non-hydrogen) atoms. The number of rotatable bonds is 2. The van der Waals surface area contributed by atoms with Crippen molar-refractivity contribution in [2.24, 2.45) is 0 Å². The maximum absolute atomic E-state index is 13.1. The highest BCUT2D eigenvalue weighted by atomic mass is 19.4. The molecule has 0 aromatic carbocycles. The highest BCUT2D eigenvalue weighted by Gasteiger charge is 2.63. The molecule has 2 rings (SSSR count). The number of carbonyl (C=O) groups excluding carboxylic acids is 1. The first-order valence-corrected chi connectivity index (χ1v) is 7.07. The fourth-order valence-corrected chi connectivity index (χ4v) is 3.12. The topological polar surface area (TPSA) is 35.5 Å². The molecule has 0 saturated heterocycles. The molecule has 0 bridgehead atoms. The molecule has 2 aliphatic carbocycles. The summed E-state index contributed by atoms with van der Waals surface area (Å²) < 4.78 is 87.1. The summed E-state index contributed by atoms with van der Waals surface area (Å²) in [7, 11) is 0. The Morgan fingerprint density at radius 3 is 1.18 bits per heavy atom. The third kappa shape index (κ3) is 2.99. The van der Waals surface area contributed by atoms with E-state index in [-0.39, 0.29) is 25.7 Å². The van der Waals surface area contributed by atoms with E-state index in [0.717, 1.165) is 0 Å². The minimum atomic E-state index is -4.83. The second-order valence-corrected chi connectivity index (χ2v) is 5.85. The molecule has 2 aliphatic rings. The molecule has 0 heterocycles. The molecular weight excluding hydrogens is 318 g/mol. The lowest BCUT2D eigenvalue weighted by atomic mass is 10.0. The monoisotopic (exact) mass is 334 g/mol. The number of ether oxygens (including phenoxy) is 2. The Morgan fingerprint density at radius 1 is 0.682 bits per heavy atom. The van der Waals surface area contributed by atoms with Crippen LogP contribution < -0.4 is 0 Å². The molecular formula is C13H16F6O3. The lowest BCUT2D eigenvalue weighted by Crippen LogP contribution is -2.51. The third-order valence-corrected chi connectivity index (χ3v) is 4.41. The normalized spacial score (nSPS) is 24.3. The van der Waals surface area contributed by atoms with Gasteiger partial charge in [-0.05, 0) is 51.4 Å². The average molecular weight is 334 g/mol. The minimum absolute atomic E-state index is 0.192. The Kier molecular flexibility index (Phi) is 4.29. The molecule has 2 saturated carbocycles. The van der Waals surface area contributed by atoms with Crippen molar-refractivity contribution in [2.45, 2.75) is 74.9 Å². The van der Waals surface area contributed by atoms with Crippen molar-refractivity contribution in [3.63, 3.8) is 0 Å². The van der Waals surface area contributed by atoms with Gasteiger partial charge in [0.05, 0.1) is 0 Å². The molecule has 0 N–H and O–H groups in total. The van der Waals surface area contributed by atoms with E-state index < -0.39 is 55.4 Å². The highest BCUT2D eigenvalue weighted by Crippen LogP contribution is 2.49. The van der Waals surface area contributed by atoms with Crippen LogP contribution in [0.2, 0.25) is 0 Å². The van der Waals surface area contributed by atoms with Crippen molar-refractivity contribution in [3.05, 3.63) is 0 Å². The summed E-state index contributed by atoms with van der Waals surface area (Å²) in [5, 5.41) is 0. The second kappa shape index (κ2) is 5.49. The van der Waals surface area contributed by atoms with Crippen molar-refractivity contribution >= 4 is 6.16 Å². The molecule has 0 radical (unpaired) electrons. The van der Waals surface area contributed by atoms with Gasteiger partial charge >= 0.3 is 18.5 Å². The molecule has 0 aliphatic heterocycles. The van der Waals surface area contributed by atoms with E-state index in [1.54, 1.807) is 0 Å². The fraction of sp³-hybridized carbons (Fsp3) is 0.923. The smallest absolute Gasteiger partial charge is 0.418 e. The first kappa shape index (κ1) is 17.2. The van der Waals surface area contributed by atoms with Crippen LogP contribution in [0.4, 0.5) is 31.1 Å². The van der Waals surface area contributed by atoms with Gasteiger partial charge in [-0.3, -0.25) is 0 Å². The number of carbonyl (C=O) groups is 1. The van der Waals surface area contributed by atoms with Crippen molar-refractivity contribution in [2.75, 3.05) is 0 Å². The van der Waals surface area contributed by atoms with Crippen molar-refractivity contribution in [3.8, 4) is 0 Å². The van der Waals surface area contributed by atoms with Gasteiger partial charge in [-0.25, -0.2) is 4.79 Å². The highest BCUT2D eigenvalue weighted by molar-refractivity contribution is 5.61. The van der Waals surface area contributed by atoms with Gasteiger partial charge in [0.1, 0.15) is 0 Å². The van der Waals surface area contributed by atoms with E-state index in [9.17, 15) is 31.1 Å². The molecule has 128 valence electrons. The summed E-state index contributed by atoms with van der Waals surface area (Å²) in [6.45, 7) is 0. The molecule has 0 spiro atoms. The fourth-order valence-electron chi connectivity index (χ4n) is 3.12. The van der Waals surface area contributed by atoms with E-state index in [4.69, 9.17) is 0 Å². The van der Waals surface area contributed by atoms with Crippen LogP contribution in [0, 0.1) is 0 Å². The third-order valence-electron chi connectivity index (χ3n) is 4.41. The van der Waals surface area contributed by atoms with E-state index in [2.05, 4.69) is 9.47 Å². The first-order valence-electron chi connectivity index (χ1n) is 7.07. The van der Waals surface area contributed by atoms with Crippen molar-refractivity contribution in [1.29, 1.82) is 0 Å². The minimum Gasteiger partial charge on any atom is -0.418 e. The summed E-state index contributed by atoms with van der Waals surface area (Å²) >= 11 is 0. The van der Waals surface area contributed by atoms with Crippen LogP contribution in [-0.4, -0.2) is 29.7 Å². The van der Waals surface area contributed by atoms with Crippen LogP contribution in [0.25, 0.3) is 0 Å². The molecule has 0 amide bonds. The lowest BCUT2D eigenvalue weighted by molar-refractivity contribution is -0.285. The molecule has 0 atom stereocenters. The SMILES string of the molecule is O=C(OC1(C(F)(F)F)CCCC1)OC1(C(F)(F)F)CCCC1. The first-order chi connectivity index (χ1) is 10.0. The Labute approximate surface area is 122 Å². The van der Waals surface area contributed by atoms with Gasteiger partial charge < -0.3 is 9.47 Å². The van der Waals surface area contributed by atoms with Crippen molar-refractivity contribution in [1.82, 2.24) is 0 Å². The summed E-state index contributed by atoms with van der Waals surface area (Å²) in [5.74, 6) is 0. The second-order valence-electron chi connectivity index (χ2n) is 5.85. The van der Waals surface area contributed by atoms with Crippen LogP contribution in [0.15, 0.2) is 0 Å². The van der Waals surface area contributed by atoms with Crippen molar-refractivity contribution < 1.29 is 40.6 Å². The number of hydrogen-bond acceptors (Lipinski definition) is 3. The summed E-state index contributed by atoms with van der Waals surface area (Å²) in [6.07, 6.45) is -12.6. The van der Waals surface area contributed by atoms with Gasteiger partial charge in [-0.15, -0.1) is 0 Å². The lowest BCUT2D eigenvalue weighted by Gasteiger charge is -2.34. The summed E-state index contributed by atoms with van der Waals surface area (Å²) in [4.78, 5) is 11.6.